The topological polar surface area (TPSA) is 38.9 Å². The van der Waals surface area contributed by atoms with Gasteiger partial charge in [0.1, 0.15) is 5.82 Å². The van der Waals surface area contributed by atoms with E-state index in [4.69, 9.17) is 5.73 Å². The molecule has 0 aliphatic carbocycles. The summed E-state index contributed by atoms with van der Waals surface area (Å²) in [6, 6.07) is 2.35. The number of nitrogen functional groups attached to an aromatic ring is 1. The van der Waals surface area contributed by atoms with Crippen LogP contribution in [-0.4, -0.2) is 11.2 Å². The summed E-state index contributed by atoms with van der Waals surface area (Å²) in [5, 5.41) is 0. The lowest BCUT2D eigenvalue weighted by molar-refractivity contribution is -0.0686. The van der Waals surface area contributed by atoms with Gasteiger partial charge in [0, 0.05) is 6.20 Å². The molecule has 0 unspecified atom stereocenters. The van der Waals surface area contributed by atoms with E-state index in [0.717, 1.165) is 6.07 Å². The van der Waals surface area contributed by atoms with Crippen molar-refractivity contribution in [2.24, 2.45) is 0 Å². The van der Waals surface area contributed by atoms with Gasteiger partial charge in [-0.25, -0.2) is 4.98 Å². The van der Waals surface area contributed by atoms with Gasteiger partial charge in [0.05, 0.1) is 5.57 Å². The van der Waals surface area contributed by atoms with Crippen molar-refractivity contribution in [1.82, 2.24) is 4.98 Å². The number of anilines is 1. The second-order valence-electron chi connectivity index (χ2n) is 2.45. The van der Waals surface area contributed by atoms with Crippen molar-refractivity contribution in [2.75, 3.05) is 5.73 Å². The second kappa shape index (κ2) is 3.08. The molecule has 0 atom stereocenters. The van der Waals surface area contributed by atoms with Gasteiger partial charge in [-0.15, -0.1) is 0 Å². The van der Waals surface area contributed by atoms with Gasteiger partial charge in [0.25, 0.3) is 0 Å². The van der Waals surface area contributed by atoms with E-state index >= 15 is 0 Å². The van der Waals surface area contributed by atoms with Crippen molar-refractivity contribution in [3.8, 4) is 0 Å². The molecule has 0 amide bonds. The van der Waals surface area contributed by atoms with E-state index in [-0.39, 0.29) is 11.4 Å². The van der Waals surface area contributed by atoms with E-state index in [1.165, 1.54) is 12.3 Å². The van der Waals surface area contributed by atoms with Crippen LogP contribution >= 0.6 is 0 Å². The molecule has 0 aromatic carbocycles. The Hall–Kier alpha value is -1.52. The highest BCUT2D eigenvalue weighted by molar-refractivity contribution is 5.68. The number of allylic oxidation sites excluding steroid dienone is 1. The van der Waals surface area contributed by atoms with Crippen molar-refractivity contribution in [3.05, 3.63) is 30.5 Å². The van der Waals surface area contributed by atoms with Crippen molar-refractivity contribution in [3.63, 3.8) is 0 Å². The smallest absolute Gasteiger partial charge is 0.384 e. The number of hydrogen-bond acceptors (Lipinski definition) is 2. The second-order valence-corrected chi connectivity index (χ2v) is 2.45. The molecule has 0 aliphatic heterocycles. The van der Waals surface area contributed by atoms with Gasteiger partial charge in [0.2, 0.25) is 0 Å². The van der Waals surface area contributed by atoms with Crippen LogP contribution in [0.4, 0.5) is 19.0 Å². The van der Waals surface area contributed by atoms with E-state index < -0.39 is 11.7 Å². The minimum atomic E-state index is -4.42. The number of alkyl halides is 3. The van der Waals surface area contributed by atoms with Crippen LogP contribution in [-0.2, 0) is 0 Å². The maximum absolute atomic E-state index is 12.1. The summed E-state index contributed by atoms with van der Waals surface area (Å²) in [4.78, 5) is 3.57. The van der Waals surface area contributed by atoms with Crippen LogP contribution in [0.25, 0.3) is 5.57 Å². The van der Waals surface area contributed by atoms with Crippen LogP contribution in [0.2, 0.25) is 0 Å². The fourth-order valence-corrected chi connectivity index (χ4v) is 0.800. The Morgan fingerprint density at radius 3 is 2.54 bits per heavy atom. The minimum absolute atomic E-state index is 0.0444. The molecule has 0 aliphatic rings. The number of aromatic nitrogens is 1. The van der Waals surface area contributed by atoms with E-state index in [1.807, 2.05) is 0 Å². The highest BCUT2D eigenvalue weighted by atomic mass is 19.4. The summed E-state index contributed by atoms with van der Waals surface area (Å²) < 4.78 is 36.3. The summed E-state index contributed by atoms with van der Waals surface area (Å²) in [5.41, 5.74) is 4.25. The van der Waals surface area contributed by atoms with Gasteiger partial charge in [-0.2, -0.15) is 13.2 Å². The third-order valence-electron chi connectivity index (χ3n) is 1.47. The van der Waals surface area contributed by atoms with Crippen LogP contribution in [0.15, 0.2) is 24.9 Å². The van der Waals surface area contributed by atoms with E-state index in [2.05, 4.69) is 11.6 Å². The van der Waals surface area contributed by atoms with E-state index in [0.29, 0.717) is 0 Å². The first kappa shape index (κ1) is 9.57. The Morgan fingerprint density at radius 1 is 1.46 bits per heavy atom. The average Bonchev–Trinajstić information content (AvgIpc) is 2.01. The number of rotatable bonds is 1. The molecule has 1 rings (SSSR count). The first-order valence-electron chi connectivity index (χ1n) is 3.39. The standard InChI is InChI=1S/C8H7F3N2/c1-5(8(9,10)11)6-2-3-13-7(12)4-6/h2-4H,1H2,(H2,12,13). The van der Waals surface area contributed by atoms with Gasteiger partial charge in [-0.1, -0.05) is 6.58 Å². The quantitative estimate of drug-likeness (QED) is 0.733. The summed E-state index contributed by atoms with van der Waals surface area (Å²) in [6.45, 7) is 2.93. The number of nitrogens with zero attached hydrogens (tertiary/aromatic N) is 1. The van der Waals surface area contributed by atoms with Crippen LogP contribution in [0.3, 0.4) is 0 Å². The molecule has 1 heterocycles. The lowest BCUT2D eigenvalue weighted by Gasteiger charge is -2.09. The van der Waals surface area contributed by atoms with Crippen molar-refractivity contribution < 1.29 is 13.2 Å². The number of pyridine rings is 1. The average molecular weight is 188 g/mol. The third kappa shape index (κ3) is 2.21. The predicted octanol–water partition coefficient (Wildman–Crippen LogP) is 2.24. The molecule has 5 heteroatoms. The highest BCUT2D eigenvalue weighted by Crippen LogP contribution is 2.32. The minimum Gasteiger partial charge on any atom is -0.384 e. The fourth-order valence-electron chi connectivity index (χ4n) is 0.800. The largest absolute Gasteiger partial charge is 0.416 e. The van der Waals surface area contributed by atoms with Gasteiger partial charge in [-0.05, 0) is 17.7 Å². The summed E-state index contributed by atoms with van der Waals surface area (Å²) in [5.74, 6) is 0.0444. The van der Waals surface area contributed by atoms with Crippen molar-refractivity contribution in [2.45, 2.75) is 6.18 Å². The Morgan fingerprint density at radius 2 is 2.08 bits per heavy atom. The Labute approximate surface area is 72.9 Å². The van der Waals surface area contributed by atoms with E-state index in [9.17, 15) is 13.2 Å². The maximum atomic E-state index is 12.1. The van der Waals surface area contributed by atoms with Crippen molar-refractivity contribution in [1.29, 1.82) is 0 Å². The van der Waals surface area contributed by atoms with Crippen molar-refractivity contribution >= 4 is 11.4 Å². The molecule has 0 radical (unpaired) electrons. The maximum Gasteiger partial charge on any atom is 0.416 e. The molecule has 0 spiro atoms. The van der Waals surface area contributed by atoms with Crippen LogP contribution in [0.5, 0.6) is 0 Å². The zero-order valence-corrected chi connectivity index (χ0v) is 6.60. The SMILES string of the molecule is C=C(c1ccnc(N)c1)C(F)(F)F. The Kier molecular flexibility index (Phi) is 2.27. The van der Waals surface area contributed by atoms with Gasteiger partial charge < -0.3 is 5.73 Å². The van der Waals surface area contributed by atoms with E-state index in [1.54, 1.807) is 0 Å². The molecule has 0 bridgehead atoms. The third-order valence-corrected chi connectivity index (χ3v) is 1.47. The fraction of sp³-hybridized carbons (Fsp3) is 0.125. The monoisotopic (exact) mass is 188 g/mol. The molecule has 70 valence electrons. The zero-order valence-electron chi connectivity index (χ0n) is 6.60. The highest BCUT2D eigenvalue weighted by Gasteiger charge is 2.32. The van der Waals surface area contributed by atoms with Crippen LogP contribution in [0.1, 0.15) is 5.56 Å². The summed E-state index contributed by atoms with van der Waals surface area (Å²) in [7, 11) is 0. The normalized spacial score (nSPS) is 11.3. The zero-order chi connectivity index (χ0) is 10.1. The molecule has 1 aromatic heterocycles. The number of halogens is 3. The predicted molar refractivity (Wildman–Crippen MR) is 43.7 cm³/mol. The summed E-state index contributed by atoms with van der Waals surface area (Å²) >= 11 is 0. The first-order valence-corrected chi connectivity index (χ1v) is 3.39. The first-order chi connectivity index (χ1) is 5.91. The van der Waals surface area contributed by atoms with Gasteiger partial charge >= 0.3 is 6.18 Å². The van der Waals surface area contributed by atoms with Crippen LogP contribution in [0, 0.1) is 0 Å². The molecular weight excluding hydrogens is 181 g/mol. The Balaban J connectivity index is 3.03. The molecule has 2 N–H and O–H groups in total. The molecule has 13 heavy (non-hydrogen) atoms. The molecule has 0 saturated carbocycles. The number of hydrogen-bond donors (Lipinski definition) is 1. The lowest BCUT2D eigenvalue weighted by atomic mass is 10.1. The Bertz CT molecular complexity index is 330. The van der Waals surface area contributed by atoms with Gasteiger partial charge in [0.15, 0.2) is 0 Å². The number of nitrogens with two attached hydrogens (primary N) is 1. The summed E-state index contributed by atoms with van der Waals surface area (Å²) in [6.07, 6.45) is -3.21. The molecular formula is C8H7F3N2. The van der Waals surface area contributed by atoms with Crippen LogP contribution < -0.4 is 5.73 Å². The van der Waals surface area contributed by atoms with Gasteiger partial charge in [-0.3, -0.25) is 0 Å². The lowest BCUT2D eigenvalue weighted by Crippen LogP contribution is -2.09. The molecule has 1 aromatic rings. The molecule has 0 fully saturated rings. The molecule has 2 nitrogen and oxygen atoms in total. The molecule has 0 saturated heterocycles.